The first-order valence-corrected chi connectivity index (χ1v) is 9.04. The molecule has 0 saturated carbocycles. The second kappa shape index (κ2) is 5.82. The highest BCUT2D eigenvalue weighted by Gasteiger charge is 2.22. The van der Waals surface area contributed by atoms with Gasteiger partial charge in [-0.1, -0.05) is 61.5 Å². The molecular weight excluding hydrogens is 296 g/mol. The van der Waals surface area contributed by atoms with Gasteiger partial charge in [0.1, 0.15) is 0 Å². The number of aryl methyl sites for hydroxylation is 2. The highest BCUT2D eigenvalue weighted by Crippen LogP contribution is 2.42. The normalized spacial score (nSPS) is 15.8. The predicted octanol–water partition coefficient (Wildman–Crippen LogP) is 6.44. The Morgan fingerprint density at radius 1 is 0.957 bits per heavy atom. The third-order valence-corrected chi connectivity index (χ3v) is 5.75. The number of fused-ring (bicyclic) bond motifs is 1. The molecule has 0 aliphatic heterocycles. The van der Waals surface area contributed by atoms with Crippen molar-refractivity contribution in [2.75, 3.05) is 0 Å². The Balaban J connectivity index is 1.77. The molecule has 0 radical (unpaired) electrons. The summed E-state index contributed by atoms with van der Waals surface area (Å²) in [4.78, 5) is 2.82. The molecule has 1 aliphatic carbocycles. The molecule has 0 nitrogen and oxygen atoms in total. The van der Waals surface area contributed by atoms with E-state index in [1.165, 1.54) is 37.6 Å². The van der Waals surface area contributed by atoms with Gasteiger partial charge in [0.25, 0.3) is 0 Å². The maximum atomic E-state index is 2.35. The Labute approximate surface area is 142 Å². The van der Waals surface area contributed by atoms with Crippen molar-refractivity contribution < 1.29 is 0 Å². The zero-order valence-electron chi connectivity index (χ0n) is 13.5. The van der Waals surface area contributed by atoms with E-state index in [-0.39, 0.29) is 0 Å². The Morgan fingerprint density at radius 3 is 2.48 bits per heavy atom. The molecule has 1 heteroatoms. The van der Waals surface area contributed by atoms with Gasteiger partial charge in [-0.2, -0.15) is 0 Å². The molecule has 0 N–H and O–H groups in total. The lowest BCUT2D eigenvalue weighted by molar-refractivity contribution is 1.09. The number of hydrogen-bond acceptors (Lipinski definition) is 1. The van der Waals surface area contributed by atoms with Crippen LogP contribution >= 0.6 is 11.3 Å². The monoisotopic (exact) mass is 316 g/mol. The van der Waals surface area contributed by atoms with E-state index in [9.17, 15) is 0 Å². The summed E-state index contributed by atoms with van der Waals surface area (Å²) in [5.41, 5.74) is 6.87. The largest absolute Gasteiger partial charge is 0.145 e. The van der Waals surface area contributed by atoms with Gasteiger partial charge >= 0.3 is 0 Å². The molecule has 0 saturated heterocycles. The zero-order chi connectivity index (χ0) is 15.8. The van der Waals surface area contributed by atoms with E-state index in [1.807, 2.05) is 11.3 Å². The van der Waals surface area contributed by atoms with Crippen LogP contribution in [0.2, 0.25) is 0 Å². The molecule has 2 aromatic carbocycles. The molecule has 0 fully saturated rings. The number of rotatable bonds is 3. The van der Waals surface area contributed by atoms with Gasteiger partial charge in [0, 0.05) is 15.7 Å². The quantitative estimate of drug-likeness (QED) is 0.521. The summed E-state index contributed by atoms with van der Waals surface area (Å²) in [5.74, 6) is 0.415. The topological polar surface area (TPSA) is 0 Å². The molecular formula is C22H20S. The van der Waals surface area contributed by atoms with E-state index < -0.39 is 0 Å². The minimum absolute atomic E-state index is 0.415. The van der Waals surface area contributed by atoms with E-state index in [0.717, 1.165) is 6.42 Å². The molecule has 0 bridgehead atoms. The number of benzene rings is 2. The van der Waals surface area contributed by atoms with Gasteiger partial charge in [-0.15, -0.1) is 11.3 Å². The molecule has 0 amide bonds. The maximum Gasteiger partial charge on any atom is 0.0373 e. The number of hydrogen-bond donors (Lipinski definition) is 0. The minimum Gasteiger partial charge on any atom is -0.145 e. The van der Waals surface area contributed by atoms with Crippen molar-refractivity contribution in [3.05, 3.63) is 87.1 Å². The van der Waals surface area contributed by atoms with Crippen molar-refractivity contribution in [3.8, 4) is 11.1 Å². The molecule has 1 aliphatic rings. The summed E-state index contributed by atoms with van der Waals surface area (Å²) >= 11 is 1.90. The number of thiophene rings is 1. The van der Waals surface area contributed by atoms with E-state index in [1.54, 1.807) is 0 Å². The van der Waals surface area contributed by atoms with Gasteiger partial charge in [-0.3, -0.25) is 0 Å². The Morgan fingerprint density at radius 2 is 1.78 bits per heavy atom. The van der Waals surface area contributed by atoms with Crippen LogP contribution in [0.15, 0.2) is 60.7 Å². The lowest BCUT2D eigenvalue weighted by Crippen LogP contribution is -1.94. The highest BCUT2D eigenvalue weighted by molar-refractivity contribution is 7.12. The standard InChI is InChI=1S/C22H20S/c1-3-16-8-10-17(11-9-16)18-5-4-6-19-20(18)12-13-21(19)22-14-7-15(2)23-22/h4-14,21H,3H2,1-2H3. The Hall–Kier alpha value is -2.12. The predicted molar refractivity (Wildman–Crippen MR) is 101 cm³/mol. The van der Waals surface area contributed by atoms with Gasteiger partial charge in [0.05, 0.1) is 0 Å². The summed E-state index contributed by atoms with van der Waals surface area (Å²) in [5, 5.41) is 0. The zero-order valence-corrected chi connectivity index (χ0v) is 14.4. The molecule has 3 aromatic rings. The van der Waals surface area contributed by atoms with E-state index >= 15 is 0 Å². The highest BCUT2D eigenvalue weighted by atomic mass is 32.1. The van der Waals surface area contributed by atoms with Crippen molar-refractivity contribution in [1.29, 1.82) is 0 Å². The van der Waals surface area contributed by atoms with Crippen LogP contribution in [0.5, 0.6) is 0 Å². The SMILES string of the molecule is CCc1ccc(-c2cccc3c2C=CC3c2ccc(C)s2)cc1. The van der Waals surface area contributed by atoms with Crippen LogP contribution < -0.4 is 0 Å². The van der Waals surface area contributed by atoms with Gasteiger partial charge in [-0.25, -0.2) is 0 Å². The van der Waals surface area contributed by atoms with Crippen molar-refractivity contribution >= 4 is 17.4 Å². The molecule has 0 spiro atoms. The molecule has 1 aromatic heterocycles. The fourth-order valence-corrected chi connectivity index (χ4v) is 4.35. The fourth-order valence-electron chi connectivity index (χ4n) is 3.38. The van der Waals surface area contributed by atoms with Crippen LogP contribution in [-0.4, -0.2) is 0 Å². The van der Waals surface area contributed by atoms with Crippen LogP contribution in [0.25, 0.3) is 17.2 Å². The summed E-state index contributed by atoms with van der Waals surface area (Å²) in [7, 11) is 0. The first-order valence-electron chi connectivity index (χ1n) is 8.23. The molecule has 4 rings (SSSR count). The minimum atomic E-state index is 0.415. The molecule has 23 heavy (non-hydrogen) atoms. The maximum absolute atomic E-state index is 2.35. The van der Waals surface area contributed by atoms with Crippen LogP contribution in [0.4, 0.5) is 0 Å². The Kier molecular flexibility index (Phi) is 3.66. The second-order valence-electron chi connectivity index (χ2n) is 6.14. The average Bonchev–Trinajstić information content (AvgIpc) is 3.20. The van der Waals surface area contributed by atoms with Gasteiger partial charge < -0.3 is 0 Å². The average molecular weight is 316 g/mol. The van der Waals surface area contributed by atoms with Crippen molar-refractivity contribution in [3.63, 3.8) is 0 Å². The van der Waals surface area contributed by atoms with E-state index in [4.69, 9.17) is 0 Å². The fraction of sp³-hybridized carbons (Fsp3) is 0.182. The molecule has 1 unspecified atom stereocenters. The van der Waals surface area contributed by atoms with Gasteiger partial charge in [-0.05, 0) is 53.3 Å². The molecule has 114 valence electrons. The lowest BCUT2D eigenvalue weighted by atomic mass is 9.92. The molecule has 1 heterocycles. The summed E-state index contributed by atoms with van der Waals surface area (Å²) < 4.78 is 0. The van der Waals surface area contributed by atoms with Crippen LogP contribution in [0.3, 0.4) is 0 Å². The summed E-state index contributed by atoms with van der Waals surface area (Å²) in [6.07, 6.45) is 5.74. The van der Waals surface area contributed by atoms with Crippen molar-refractivity contribution in [2.24, 2.45) is 0 Å². The van der Waals surface area contributed by atoms with Crippen LogP contribution in [0, 0.1) is 6.92 Å². The van der Waals surface area contributed by atoms with E-state index in [2.05, 4.69) is 80.6 Å². The summed E-state index contributed by atoms with van der Waals surface area (Å²) in [6, 6.07) is 20.2. The van der Waals surface area contributed by atoms with E-state index in [0.29, 0.717) is 5.92 Å². The Bertz CT molecular complexity index is 865. The third-order valence-electron chi connectivity index (χ3n) is 4.67. The van der Waals surface area contributed by atoms with Crippen molar-refractivity contribution in [2.45, 2.75) is 26.2 Å². The number of allylic oxidation sites excluding steroid dienone is 1. The smallest absolute Gasteiger partial charge is 0.0373 e. The third kappa shape index (κ3) is 2.55. The van der Waals surface area contributed by atoms with Gasteiger partial charge in [0.15, 0.2) is 0 Å². The second-order valence-corrected chi connectivity index (χ2v) is 7.46. The van der Waals surface area contributed by atoms with Gasteiger partial charge in [0.2, 0.25) is 0 Å². The first-order chi connectivity index (χ1) is 11.3. The first kappa shape index (κ1) is 14.5. The van der Waals surface area contributed by atoms with Crippen LogP contribution in [-0.2, 0) is 6.42 Å². The summed E-state index contributed by atoms with van der Waals surface area (Å²) in [6.45, 7) is 4.38. The van der Waals surface area contributed by atoms with Crippen molar-refractivity contribution in [1.82, 2.24) is 0 Å². The molecule has 1 atom stereocenters. The lowest BCUT2D eigenvalue weighted by Gasteiger charge is -2.12. The van der Waals surface area contributed by atoms with Crippen LogP contribution in [0.1, 0.15) is 39.3 Å².